The monoisotopic (exact) mass is 357 g/mol. The van der Waals surface area contributed by atoms with E-state index in [0.29, 0.717) is 19.4 Å². The number of anilines is 1. The summed E-state index contributed by atoms with van der Waals surface area (Å²) in [7, 11) is 0. The van der Waals surface area contributed by atoms with Crippen LogP contribution in [-0.4, -0.2) is 48.9 Å². The van der Waals surface area contributed by atoms with Crippen LogP contribution in [0.15, 0.2) is 24.3 Å². The highest BCUT2D eigenvalue weighted by Crippen LogP contribution is 2.32. The zero-order valence-corrected chi connectivity index (χ0v) is 15.9. The molecule has 1 atom stereocenters. The Morgan fingerprint density at radius 1 is 1.12 bits per heavy atom. The first-order valence-electron chi connectivity index (χ1n) is 10.1. The average molecular weight is 357 g/mol. The average Bonchev–Trinajstić information content (AvgIpc) is 2.86. The van der Waals surface area contributed by atoms with Gasteiger partial charge in [0.25, 0.3) is 0 Å². The molecule has 2 aliphatic rings. The van der Waals surface area contributed by atoms with E-state index in [9.17, 15) is 9.59 Å². The highest BCUT2D eigenvalue weighted by Gasteiger charge is 2.37. The van der Waals surface area contributed by atoms with Gasteiger partial charge in [-0.15, -0.1) is 0 Å². The molecule has 5 heteroatoms. The van der Waals surface area contributed by atoms with Crippen LogP contribution in [0.25, 0.3) is 0 Å². The third-order valence-electron chi connectivity index (χ3n) is 5.50. The summed E-state index contributed by atoms with van der Waals surface area (Å²) in [5.41, 5.74) is 1.98. The predicted molar refractivity (Wildman–Crippen MR) is 104 cm³/mol. The summed E-state index contributed by atoms with van der Waals surface area (Å²) in [4.78, 5) is 29.3. The lowest BCUT2D eigenvalue weighted by atomic mass is 10.1. The van der Waals surface area contributed by atoms with Crippen LogP contribution in [0.4, 0.5) is 5.69 Å². The number of nitrogens with zero attached hydrogens (tertiary/aromatic N) is 2. The van der Waals surface area contributed by atoms with Crippen LogP contribution in [0.1, 0.15) is 51.0 Å². The Kier molecular flexibility index (Phi) is 6.67. The minimum Gasteiger partial charge on any atom is -0.354 e. The molecule has 0 aliphatic carbocycles. The lowest BCUT2D eigenvalue weighted by Gasteiger charge is -2.25. The van der Waals surface area contributed by atoms with E-state index in [2.05, 4.69) is 10.2 Å². The molecule has 1 aromatic carbocycles. The van der Waals surface area contributed by atoms with Gasteiger partial charge in [-0.25, -0.2) is 0 Å². The Bertz CT molecular complexity index is 623. The third-order valence-corrected chi connectivity index (χ3v) is 5.50. The summed E-state index contributed by atoms with van der Waals surface area (Å²) in [6.45, 7) is 5.94. The third kappa shape index (κ3) is 4.44. The van der Waals surface area contributed by atoms with Crippen molar-refractivity contribution in [3.63, 3.8) is 0 Å². The molecule has 0 aromatic heterocycles. The quantitative estimate of drug-likeness (QED) is 0.797. The van der Waals surface area contributed by atoms with Gasteiger partial charge in [0.2, 0.25) is 11.8 Å². The van der Waals surface area contributed by atoms with Gasteiger partial charge in [-0.05, 0) is 50.5 Å². The van der Waals surface area contributed by atoms with Crippen molar-refractivity contribution < 1.29 is 9.59 Å². The minimum atomic E-state index is -0.405. The lowest BCUT2D eigenvalue weighted by Crippen LogP contribution is -2.48. The number of fused-ring (bicyclic) bond motifs is 1. The van der Waals surface area contributed by atoms with Crippen molar-refractivity contribution in [3.8, 4) is 0 Å². The fraction of sp³-hybridized carbons (Fsp3) is 0.619. The smallest absolute Gasteiger partial charge is 0.243 e. The number of carbonyl (C=O) groups is 2. The van der Waals surface area contributed by atoms with Gasteiger partial charge in [0.15, 0.2) is 0 Å². The van der Waals surface area contributed by atoms with Crippen LogP contribution in [0.3, 0.4) is 0 Å². The zero-order valence-electron chi connectivity index (χ0n) is 15.9. The molecule has 2 amide bonds. The van der Waals surface area contributed by atoms with Gasteiger partial charge in [-0.3, -0.25) is 14.5 Å². The second kappa shape index (κ2) is 9.17. The van der Waals surface area contributed by atoms with Crippen molar-refractivity contribution in [2.24, 2.45) is 0 Å². The van der Waals surface area contributed by atoms with E-state index in [4.69, 9.17) is 0 Å². The summed E-state index contributed by atoms with van der Waals surface area (Å²) in [6, 6.07) is 7.44. The summed E-state index contributed by atoms with van der Waals surface area (Å²) >= 11 is 0. The molecule has 26 heavy (non-hydrogen) atoms. The Morgan fingerprint density at radius 2 is 1.85 bits per heavy atom. The molecule has 1 saturated heterocycles. The van der Waals surface area contributed by atoms with E-state index in [-0.39, 0.29) is 11.8 Å². The molecule has 2 aliphatic heterocycles. The number of carbonyl (C=O) groups excluding carboxylic acids is 2. The molecular formula is C21H31N3O2. The van der Waals surface area contributed by atoms with Crippen LogP contribution in [0.5, 0.6) is 0 Å². The molecule has 0 bridgehead atoms. The molecule has 142 valence electrons. The highest BCUT2D eigenvalue weighted by atomic mass is 16.2. The number of likely N-dealkylation sites (tertiary alicyclic amines) is 1. The molecule has 1 aromatic rings. The van der Waals surface area contributed by atoms with Gasteiger partial charge < -0.3 is 10.2 Å². The Balaban J connectivity index is 1.51. The first kappa shape index (κ1) is 18.9. The van der Waals surface area contributed by atoms with E-state index in [0.717, 1.165) is 24.2 Å². The molecule has 0 spiro atoms. The van der Waals surface area contributed by atoms with Crippen molar-refractivity contribution in [1.82, 2.24) is 10.2 Å². The van der Waals surface area contributed by atoms with Crippen LogP contribution in [-0.2, 0) is 16.0 Å². The number of hydrogen-bond donors (Lipinski definition) is 1. The number of hydrogen-bond acceptors (Lipinski definition) is 3. The van der Waals surface area contributed by atoms with Gasteiger partial charge in [0.05, 0.1) is 0 Å². The maximum absolute atomic E-state index is 12.7. The van der Waals surface area contributed by atoms with E-state index >= 15 is 0 Å². The van der Waals surface area contributed by atoms with E-state index < -0.39 is 6.04 Å². The van der Waals surface area contributed by atoms with Gasteiger partial charge in [0, 0.05) is 25.1 Å². The van der Waals surface area contributed by atoms with Crippen LogP contribution in [0.2, 0.25) is 0 Å². The van der Waals surface area contributed by atoms with Crippen molar-refractivity contribution >= 4 is 17.5 Å². The Hall–Kier alpha value is -1.88. The summed E-state index contributed by atoms with van der Waals surface area (Å²) < 4.78 is 0. The van der Waals surface area contributed by atoms with E-state index in [1.165, 1.54) is 38.8 Å². The minimum absolute atomic E-state index is 0.0136. The number of rotatable bonds is 6. The van der Waals surface area contributed by atoms with Crippen LogP contribution in [0, 0.1) is 0 Å². The standard InChI is InChI=1S/C21H31N3O2/c1-2-20(25)24-18-11-6-5-10-17(18)16-19(24)21(26)22-12-9-15-23-13-7-3-4-8-14-23/h5-6,10-11,19H,2-4,7-9,12-16H2,1H3,(H,22,26). The number of nitrogens with one attached hydrogen (secondary N) is 1. The molecule has 0 radical (unpaired) electrons. The predicted octanol–water partition coefficient (Wildman–Crippen LogP) is 2.74. The maximum Gasteiger partial charge on any atom is 0.243 e. The van der Waals surface area contributed by atoms with Crippen LogP contribution >= 0.6 is 0 Å². The second-order valence-electron chi connectivity index (χ2n) is 7.37. The molecule has 0 saturated carbocycles. The van der Waals surface area contributed by atoms with Gasteiger partial charge >= 0.3 is 0 Å². The van der Waals surface area contributed by atoms with Gasteiger partial charge in [-0.2, -0.15) is 0 Å². The Labute approximate surface area is 156 Å². The van der Waals surface area contributed by atoms with Crippen molar-refractivity contribution in [2.45, 2.75) is 57.9 Å². The van der Waals surface area contributed by atoms with Crippen LogP contribution < -0.4 is 10.2 Å². The number of para-hydroxylation sites is 1. The van der Waals surface area contributed by atoms with Crippen molar-refractivity contribution in [1.29, 1.82) is 0 Å². The number of amides is 2. The molecule has 1 fully saturated rings. The number of benzene rings is 1. The van der Waals surface area contributed by atoms with E-state index in [1.54, 1.807) is 4.90 Å². The first-order valence-corrected chi connectivity index (χ1v) is 10.1. The molecule has 1 unspecified atom stereocenters. The fourth-order valence-corrected chi connectivity index (χ4v) is 4.07. The summed E-state index contributed by atoms with van der Waals surface area (Å²) in [6.07, 6.45) is 7.26. The fourth-order valence-electron chi connectivity index (χ4n) is 4.07. The topological polar surface area (TPSA) is 52.7 Å². The molecule has 2 heterocycles. The summed E-state index contributed by atoms with van der Waals surface area (Å²) in [5.74, 6) is -0.0152. The maximum atomic E-state index is 12.7. The molecular weight excluding hydrogens is 326 g/mol. The molecule has 5 nitrogen and oxygen atoms in total. The van der Waals surface area contributed by atoms with E-state index in [1.807, 2.05) is 31.2 Å². The Morgan fingerprint density at radius 3 is 2.58 bits per heavy atom. The van der Waals surface area contributed by atoms with Crippen molar-refractivity contribution in [2.75, 3.05) is 31.1 Å². The molecule has 3 rings (SSSR count). The normalized spacial score (nSPS) is 20.5. The second-order valence-corrected chi connectivity index (χ2v) is 7.37. The van der Waals surface area contributed by atoms with Gasteiger partial charge in [0.1, 0.15) is 6.04 Å². The molecule has 1 N–H and O–H groups in total. The summed E-state index contributed by atoms with van der Waals surface area (Å²) in [5, 5.41) is 3.06. The largest absolute Gasteiger partial charge is 0.354 e. The lowest BCUT2D eigenvalue weighted by molar-refractivity contribution is -0.126. The highest BCUT2D eigenvalue weighted by molar-refractivity contribution is 6.03. The SMILES string of the molecule is CCC(=O)N1c2ccccc2CC1C(=O)NCCCN1CCCCCC1. The first-order chi connectivity index (χ1) is 12.7. The van der Waals surface area contributed by atoms with Gasteiger partial charge in [-0.1, -0.05) is 38.0 Å². The van der Waals surface area contributed by atoms with Crippen molar-refractivity contribution in [3.05, 3.63) is 29.8 Å². The zero-order chi connectivity index (χ0) is 18.4.